The van der Waals surface area contributed by atoms with Crippen LogP contribution < -0.4 is 9.47 Å². The number of carbonyl (C=O) groups is 1. The number of carbonyl (C=O) groups excluding carboxylic acids is 1. The zero-order chi connectivity index (χ0) is 14.5. The molecule has 0 aliphatic carbocycles. The number of nitrogens with zero attached hydrogens (tertiary/aromatic N) is 1. The van der Waals surface area contributed by atoms with Gasteiger partial charge in [0.2, 0.25) is 5.89 Å². The molecule has 0 aliphatic rings. The van der Waals surface area contributed by atoms with Crippen molar-refractivity contribution in [2.45, 2.75) is 6.92 Å². The lowest BCUT2D eigenvalue weighted by Gasteiger charge is -2.07. The number of oxazole rings is 1. The molecule has 0 atom stereocenters. The highest BCUT2D eigenvalue weighted by Gasteiger charge is 2.06. The lowest BCUT2D eigenvalue weighted by Crippen LogP contribution is -1.90. The summed E-state index contributed by atoms with van der Waals surface area (Å²) >= 11 is 0. The molecule has 2 aromatic rings. The van der Waals surface area contributed by atoms with E-state index in [4.69, 9.17) is 13.9 Å². The van der Waals surface area contributed by atoms with Gasteiger partial charge < -0.3 is 13.9 Å². The van der Waals surface area contributed by atoms with E-state index in [-0.39, 0.29) is 0 Å². The molecular formula is C15H15NO4. The largest absolute Gasteiger partial charge is 0.493 e. The van der Waals surface area contributed by atoms with Gasteiger partial charge in [0.15, 0.2) is 17.8 Å². The summed E-state index contributed by atoms with van der Waals surface area (Å²) in [4.78, 5) is 14.7. The van der Waals surface area contributed by atoms with Crippen molar-refractivity contribution in [3.8, 4) is 11.5 Å². The Balaban J connectivity index is 2.24. The quantitative estimate of drug-likeness (QED) is 0.784. The van der Waals surface area contributed by atoms with E-state index in [0.717, 1.165) is 5.56 Å². The Morgan fingerprint density at radius 3 is 2.50 bits per heavy atom. The van der Waals surface area contributed by atoms with E-state index in [1.54, 1.807) is 27.2 Å². The van der Waals surface area contributed by atoms with E-state index in [0.29, 0.717) is 35.1 Å². The second-order valence-electron chi connectivity index (χ2n) is 4.06. The summed E-state index contributed by atoms with van der Waals surface area (Å²) in [5.41, 5.74) is 1.23. The fraction of sp³-hybridized carbons (Fsp3) is 0.200. The van der Waals surface area contributed by atoms with Crippen molar-refractivity contribution in [2.75, 3.05) is 14.2 Å². The third kappa shape index (κ3) is 2.88. The monoisotopic (exact) mass is 273 g/mol. The normalized spacial score (nSPS) is 10.8. The minimum atomic E-state index is 0.317. The summed E-state index contributed by atoms with van der Waals surface area (Å²) in [6.45, 7) is 1.70. The molecule has 0 bridgehead atoms. The van der Waals surface area contributed by atoms with Gasteiger partial charge in [0.25, 0.3) is 0 Å². The molecule has 2 rings (SSSR count). The Labute approximate surface area is 116 Å². The van der Waals surface area contributed by atoms with Crippen LogP contribution in [0, 0.1) is 6.92 Å². The van der Waals surface area contributed by atoms with Crippen LogP contribution in [-0.4, -0.2) is 25.5 Å². The maximum atomic E-state index is 10.7. The van der Waals surface area contributed by atoms with E-state index in [9.17, 15) is 4.79 Å². The average molecular weight is 273 g/mol. The number of rotatable bonds is 5. The van der Waals surface area contributed by atoms with Crippen molar-refractivity contribution in [1.29, 1.82) is 0 Å². The molecule has 0 N–H and O–H groups in total. The molecule has 0 fully saturated rings. The molecule has 0 amide bonds. The summed E-state index contributed by atoms with van der Waals surface area (Å²) in [5, 5.41) is 0. The van der Waals surface area contributed by atoms with Crippen LogP contribution in [0.3, 0.4) is 0 Å². The summed E-state index contributed by atoms with van der Waals surface area (Å²) in [7, 11) is 3.17. The Hall–Kier alpha value is -2.56. The van der Waals surface area contributed by atoms with Gasteiger partial charge >= 0.3 is 0 Å². The highest BCUT2D eigenvalue weighted by atomic mass is 16.5. The van der Waals surface area contributed by atoms with E-state index in [1.807, 2.05) is 24.3 Å². The first kappa shape index (κ1) is 13.9. The number of ether oxygens (including phenoxy) is 2. The van der Waals surface area contributed by atoms with Crippen LogP contribution in [0.1, 0.15) is 27.7 Å². The number of methoxy groups -OCH3 is 2. The minimum absolute atomic E-state index is 0.317. The van der Waals surface area contributed by atoms with E-state index in [1.165, 1.54) is 0 Å². The minimum Gasteiger partial charge on any atom is -0.493 e. The van der Waals surface area contributed by atoms with Gasteiger partial charge in [-0.25, -0.2) is 4.98 Å². The Morgan fingerprint density at radius 2 is 1.90 bits per heavy atom. The molecule has 0 saturated carbocycles. The van der Waals surface area contributed by atoms with Crippen LogP contribution in [-0.2, 0) is 0 Å². The van der Waals surface area contributed by atoms with Crippen LogP contribution in [0.25, 0.3) is 12.2 Å². The fourth-order valence-corrected chi connectivity index (χ4v) is 1.73. The topological polar surface area (TPSA) is 61.6 Å². The second kappa shape index (κ2) is 6.06. The highest BCUT2D eigenvalue weighted by Crippen LogP contribution is 2.28. The van der Waals surface area contributed by atoms with Gasteiger partial charge in [-0.3, -0.25) is 4.79 Å². The van der Waals surface area contributed by atoms with Crippen molar-refractivity contribution >= 4 is 18.4 Å². The molecule has 0 unspecified atom stereocenters. The maximum absolute atomic E-state index is 10.7. The number of hydrogen-bond acceptors (Lipinski definition) is 5. The van der Waals surface area contributed by atoms with Gasteiger partial charge in [0, 0.05) is 6.08 Å². The van der Waals surface area contributed by atoms with Crippen LogP contribution in [0.15, 0.2) is 22.6 Å². The van der Waals surface area contributed by atoms with Gasteiger partial charge in [0.05, 0.1) is 14.2 Å². The van der Waals surface area contributed by atoms with E-state index < -0.39 is 0 Å². The molecule has 0 spiro atoms. The van der Waals surface area contributed by atoms with Gasteiger partial charge in [-0.05, 0) is 30.7 Å². The molecule has 1 aromatic heterocycles. The molecule has 5 nitrogen and oxygen atoms in total. The molecule has 0 aliphatic heterocycles. The first-order valence-electron chi connectivity index (χ1n) is 6.00. The van der Waals surface area contributed by atoms with Gasteiger partial charge in [-0.1, -0.05) is 6.07 Å². The molecule has 0 radical (unpaired) electrons. The average Bonchev–Trinajstić information content (AvgIpc) is 2.85. The van der Waals surface area contributed by atoms with Gasteiger partial charge in [-0.15, -0.1) is 0 Å². The van der Waals surface area contributed by atoms with Crippen molar-refractivity contribution in [3.63, 3.8) is 0 Å². The molecule has 5 heteroatoms. The van der Waals surface area contributed by atoms with Crippen LogP contribution in [0.2, 0.25) is 0 Å². The van der Waals surface area contributed by atoms with Crippen LogP contribution in [0.5, 0.6) is 11.5 Å². The number of aldehydes is 1. The Bertz CT molecular complexity index is 643. The van der Waals surface area contributed by atoms with Crippen molar-refractivity contribution in [3.05, 3.63) is 41.1 Å². The molecule has 1 heterocycles. The summed E-state index contributed by atoms with van der Waals surface area (Å²) in [6, 6.07) is 5.54. The second-order valence-corrected chi connectivity index (χ2v) is 4.06. The summed E-state index contributed by atoms with van der Waals surface area (Å²) in [5.74, 6) is 2.21. The first-order chi connectivity index (χ1) is 9.67. The van der Waals surface area contributed by atoms with E-state index in [2.05, 4.69) is 4.98 Å². The molecule has 1 aromatic carbocycles. The number of aromatic nitrogens is 1. The third-order valence-corrected chi connectivity index (χ3v) is 2.79. The fourth-order valence-electron chi connectivity index (χ4n) is 1.73. The zero-order valence-electron chi connectivity index (χ0n) is 11.5. The molecule has 0 saturated heterocycles. The summed E-state index contributed by atoms with van der Waals surface area (Å²) in [6.07, 6.45) is 4.19. The smallest absolute Gasteiger partial charge is 0.219 e. The van der Waals surface area contributed by atoms with Crippen LogP contribution >= 0.6 is 0 Å². The van der Waals surface area contributed by atoms with Crippen molar-refractivity contribution in [1.82, 2.24) is 4.98 Å². The van der Waals surface area contributed by atoms with Crippen molar-refractivity contribution < 1.29 is 18.7 Å². The highest BCUT2D eigenvalue weighted by molar-refractivity contribution is 5.75. The lowest BCUT2D eigenvalue weighted by atomic mass is 10.2. The van der Waals surface area contributed by atoms with Gasteiger partial charge in [-0.2, -0.15) is 0 Å². The molecule has 104 valence electrons. The zero-order valence-corrected chi connectivity index (χ0v) is 11.5. The first-order valence-corrected chi connectivity index (χ1v) is 6.00. The lowest BCUT2D eigenvalue weighted by molar-refractivity contribution is 0.111. The van der Waals surface area contributed by atoms with Gasteiger partial charge in [0.1, 0.15) is 11.5 Å². The third-order valence-electron chi connectivity index (χ3n) is 2.79. The Kier molecular flexibility index (Phi) is 4.20. The van der Waals surface area contributed by atoms with E-state index >= 15 is 0 Å². The SMILES string of the molecule is COc1ccc(/C=C/c2nc(C=O)c(C)o2)cc1OC. The number of hydrogen-bond donors (Lipinski definition) is 0. The number of benzene rings is 1. The summed E-state index contributed by atoms with van der Waals surface area (Å²) < 4.78 is 15.7. The standard InChI is InChI=1S/C15H15NO4/c1-10-12(9-17)16-15(20-10)7-5-11-4-6-13(18-2)14(8-11)19-3/h4-9H,1-3H3/b7-5+. The predicted octanol–water partition coefficient (Wildman–Crippen LogP) is 2.98. The molecule has 20 heavy (non-hydrogen) atoms. The predicted molar refractivity (Wildman–Crippen MR) is 75.1 cm³/mol. The molecular weight excluding hydrogens is 258 g/mol. The Morgan fingerprint density at radius 1 is 1.15 bits per heavy atom. The van der Waals surface area contributed by atoms with Crippen molar-refractivity contribution in [2.24, 2.45) is 0 Å². The maximum Gasteiger partial charge on any atom is 0.219 e. The van der Waals surface area contributed by atoms with Crippen LogP contribution in [0.4, 0.5) is 0 Å². The number of aryl methyl sites for hydroxylation is 1.